The van der Waals surface area contributed by atoms with E-state index in [0.717, 1.165) is 57.2 Å². The number of methoxy groups -OCH3 is 1. The smallest absolute Gasteiger partial charge is 0.120 e. The second kappa shape index (κ2) is 10.1. The Morgan fingerprint density at radius 1 is 1.17 bits per heavy atom. The van der Waals surface area contributed by atoms with Gasteiger partial charge in [0.15, 0.2) is 0 Å². The Labute approximate surface area is 218 Å². The fourth-order valence-corrected chi connectivity index (χ4v) is 8.08. The zero-order valence-electron chi connectivity index (χ0n) is 21.8. The number of hydrogen-bond donors (Lipinski definition) is 1. The zero-order chi connectivity index (χ0) is 24.7. The van der Waals surface area contributed by atoms with Gasteiger partial charge in [-0.2, -0.15) is 0 Å². The van der Waals surface area contributed by atoms with Gasteiger partial charge in [-0.1, -0.05) is 19.3 Å². The summed E-state index contributed by atoms with van der Waals surface area (Å²) < 4.78 is 7.97. The van der Waals surface area contributed by atoms with E-state index < -0.39 is 0 Å². The lowest BCUT2D eigenvalue weighted by molar-refractivity contribution is 0.0315. The minimum absolute atomic E-state index is 0.0595. The third-order valence-corrected chi connectivity index (χ3v) is 10.1. The molecular formula is C29H40N4O2S. The van der Waals surface area contributed by atoms with Crippen molar-refractivity contribution in [1.82, 2.24) is 19.4 Å². The predicted octanol–water partition coefficient (Wildman–Crippen LogP) is 5.11. The number of piperidine rings is 1. The molecule has 0 amide bonds. The molecule has 1 N–H and O–H groups in total. The van der Waals surface area contributed by atoms with Crippen LogP contribution in [-0.4, -0.2) is 64.4 Å². The van der Waals surface area contributed by atoms with Crippen molar-refractivity contribution in [3.63, 3.8) is 0 Å². The average Bonchev–Trinajstić information content (AvgIpc) is 3.53. The summed E-state index contributed by atoms with van der Waals surface area (Å²) in [5.41, 5.74) is 4.16. The molecule has 0 unspecified atom stereocenters. The van der Waals surface area contributed by atoms with Crippen LogP contribution in [0.2, 0.25) is 0 Å². The summed E-state index contributed by atoms with van der Waals surface area (Å²) in [5.74, 6) is 1.65. The molecule has 3 aliphatic rings. The highest BCUT2D eigenvalue weighted by atomic mass is 32.1. The molecule has 1 saturated heterocycles. The molecule has 6 rings (SSSR count). The number of aryl methyl sites for hydroxylation is 1. The van der Waals surface area contributed by atoms with Gasteiger partial charge >= 0.3 is 0 Å². The monoisotopic (exact) mass is 508 g/mol. The molecular weight excluding hydrogens is 468 g/mol. The quantitative estimate of drug-likeness (QED) is 0.502. The van der Waals surface area contributed by atoms with E-state index in [1.807, 2.05) is 6.20 Å². The number of likely N-dealkylation sites (tertiary alicyclic amines) is 1. The molecule has 0 bridgehead atoms. The second-order valence-electron chi connectivity index (χ2n) is 11.3. The fraction of sp³-hybridized carbons (Fsp3) is 0.621. The fourth-order valence-electron chi connectivity index (χ4n) is 7.43. The Bertz CT molecular complexity index is 1180. The van der Waals surface area contributed by atoms with Crippen LogP contribution in [0.4, 0.5) is 0 Å². The Morgan fingerprint density at radius 3 is 2.67 bits per heavy atom. The van der Waals surface area contributed by atoms with Crippen molar-refractivity contribution < 1.29 is 9.84 Å². The number of aliphatic hydroxyl groups excluding tert-OH is 1. The normalized spacial score (nSPS) is 23.4. The molecule has 1 aromatic carbocycles. The molecule has 194 valence electrons. The van der Waals surface area contributed by atoms with Crippen LogP contribution in [0.3, 0.4) is 0 Å². The van der Waals surface area contributed by atoms with Gasteiger partial charge in [-0.05, 0) is 62.4 Å². The molecule has 6 nitrogen and oxygen atoms in total. The van der Waals surface area contributed by atoms with E-state index in [1.165, 1.54) is 59.3 Å². The molecule has 4 heterocycles. The number of ether oxygens (including phenoxy) is 1. The van der Waals surface area contributed by atoms with E-state index in [9.17, 15) is 5.11 Å². The third kappa shape index (κ3) is 4.28. The van der Waals surface area contributed by atoms with Crippen molar-refractivity contribution in [3.05, 3.63) is 46.0 Å². The van der Waals surface area contributed by atoms with Crippen molar-refractivity contribution in [2.75, 3.05) is 39.9 Å². The number of nitrogens with zero attached hydrogens (tertiary/aromatic N) is 4. The van der Waals surface area contributed by atoms with Gasteiger partial charge in [-0.3, -0.25) is 9.80 Å². The molecule has 1 atom stereocenters. The van der Waals surface area contributed by atoms with Crippen molar-refractivity contribution in [2.45, 2.75) is 62.9 Å². The summed E-state index contributed by atoms with van der Waals surface area (Å²) in [6.07, 6.45) is 11.0. The van der Waals surface area contributed by atoms with Gasteiger partial charge in [0.05, 0.1) is 31.8 Å². The third-order valence-electron chi connectivity index (χ3n) is 9.29. The van der Waals surface area contributed by atoms with Crippen molar-refractivity contribution in [2.24, 2.45) is 13.0 Å². The van der Waals surface area contributed by atoms with Gasteiger partial charge in [0.1, 0.15) is 10.8 Å². The first kappa shape index (κ1) is 24.4. The number of rotatable bonds is 6. The van der Waals surface area contributed by atoms with Crippen LogP contribution in [0.1, 0.15) is 67.3 Å². The minimum atomic E-state index is 0.0595. The van der Waals surface area contributed by atoms with Crippen LogP contribution in [-0.2, 0) is 19.0 Å². The second-order valence-corrected chi connectivity index (χ2v) is 12.3. The van der Waals surface area contributed by atoms with Crippen LogP contribution in [0.25, 0.3) is 10.9 Å². The lowest BCUT2D eigenvalue weighted by Crippen LogP contribution is -2.54. The van der Waals surface area contributed by atoms with E-state index in [0.29, 0.717) is 0 Å². The van der Waals surface area contributed by atoms with Crippen molar-refractivity contribution >= 4 is 22.2 Å². The van der Waals surface area contributed by atoms with Crippen molar-refractivity contribution in [1.29, 1.82) is 0 Å². The maximum Gasteiger partial charge on any atom is 0.120 e. The van der Waals surface area contributed by atoms with E-state index in [-0.39, 0.29) is 18.1 Å². The highest BCUT2D eigenvalue weighted by Gasteiger charge is 2.48. The largest absolute Gasteiger partial charge is 0.497 e. The number of fused-ring (bicyclic) bond motifs is 4. The number of thiazole rings is 1. The number of hydrogen-bond acceptors (Lipinski definition) is 6. The molecule has 1 aliphatic carbocycles. The Balaban J connectivity index is 1.39. The molecule has 1 saturated carbocycles. The Kier molecular flexibility index (Phi) is 6.84. The molecule has 1 spiro atoms. The van der Waals surface area contributed by atoms with Crippen LogP contribution in [0, 0.1) is 5.92 Å². The van der Waals surface area contributed by atoms with E-state index in [4.69, 9.17) is 4.74 Å². The average molecular weight is 509 g/mol. The summed E-state index contributed by atoms with van der Waals surface area (Å²) in [7, 11) is 3.94. The van der Waals surface area contributed by atoms with Gasteiger partial charge in [0, 0.05) is 54.3 Å². The van der Waals surface area contributed by atoms with Crippen LogP contribution >= 0.6 is 11.3 Å². The van der Waals surface area contributed by atoms with Gasteiger partial charge in [0.2, 0.25) is 0 Å². The lowest BCUT2D eigenvalue weighted by Gasteiger charge is -2.51. The van der Waals surface area contributed by atoms with E-state index in [1.54, 1.807) is 18.4 Å². The molecule has 2 aliphatic heterocycles. The summed E-state index contributed by atoms with van der Waals surface area (Å²) >= 11 is 1.76. The summed E-state index contributed by atoms with van der Waals surface area (Å²) in [6, 6.07) is 6.61. The minimum Gasteiger partial charge on any atom is -0.497 e. The summed E-state index contributed by atoms with van der Waals surface area (Å²) in [4.78, 5) is 9.79. The van der Waals surface area contributed by atoms with E-state index >= 15 is 0 Å². The van der Waals surface area contributed by atoms with Crippen molar-refractivity contribution in [3.8, 4) is 5.75 Å². The molecule has 7 heteroatoms. The molecule has 2 aromatic heterocycles. The zero-order valence-corrected chi connectivity index (χ0v) is 22.6. The van der Waals surface area contributed by atoms with Crippen LogP contribution in [0.5, 0.6) is 5.75 Å². The number of aliphatic hydroxyl groups is 1. The summed E-state index contributed by atoms with van der Waals surface area (Å²) in [5, 5.41) is 15.4. The first-order valence-electron chi connectivity index (χ1n) is 13.7. The first-order valence-corrected chi connectivity index (χ1v) is 14.6. The van der Waals surface area contributed by atoms with E-state index in [2.05, 4.69) is 50.0 Å². The number of aromatic nitrogens is 2. The van der Waals surface area contributed by atoms with Gasteiger partial charge in [-0.25, -0.2) is 4.98 Å². The molecule has 2 fully saturated rings. The highest BCUT2D eigenvalue weighted by molar-refractivity contribution is 7.09. The summed E-state index contributed by atoms with van der Waals surface area (Å²) in [6.45, 7) is 5.48. The highest BCUT2D eigenvalue weighted by Crippen LogP contribution is 2.50. The van der Waals surface area contributed by atoms with Gasteiger partial charge in [0.25, 0.3) is 0 Å². The maximum atomic E-state index is 10.8. The Hall–Kier alpha value is -1.93. The lowest BCUT2D eigenvalue weighted by atomic mass is 9.68. The molecule has 3 aromatic rings. The Morgan fingerprint density at radius 2 is 1.97 bits per heavy atom. The SMILES string of the molecule is COc1ccc2c3c(n(C)c2c1)[C@H](CO)N(CC1CCCCC1)CC31CCN(Cc2nccs2)CC1. The van der Waals surface area contributed by atoms with Crippen LogP contribution < -0.4 is 4.74 Å². The first-order chi connectivity index (χ1) is 17.6. The van der Waals surface area contributed by atoms with Crippen LogP contribution in [0.15, 0.2) is 29.8 Å². The number of benzene rings is 1. The maximum absolute atomic E-state index is 10.8. The van der Waals surface area contributed by atoms with Gasteiger partial charge < -0.3 is 14.4 Å². The van der Waals surface area contributed by atoms with Gasteiger partial charge in [-0.15, -0.1) is 11.3 Å². The molecule has 36 heavy (non-hydrogen) atoms. The topological polar surface area (TPSA) is 53.8 Å². The molecule has 0 radical (unpaired) electrons. The standard InChI is InChI=1S/C29H40N4O2S/c1-31-24-16-22(35-2)8-9-23(24)27-28(31)25(19-34)33(17-21-6-4-3-5-7-21)20-29(27)10-13-32(14-11-29)18-26-30-12-15-36-26/h8-9,12,15-16,21,25,34H,3-7,10-11,13-14,17-20H2,1-2H3/t25-/m0/s1. The predicted molar refractivity (Wildman–Crippen MR) is 146 cm³/mol.